The monoisotopic (exact) mass is 269 g/mol. The third-order valence-corrected chi connectivity index (χ3v) is 3.10. The summed E-state index contributed by atoms with van der Waals surface area (Å²) >= 11 is 0. The molecule has 0 saturated carbocycles. The molecule has 0 aromatic heterocycles. The third-order valence-electron chi connectivity index (χ3n) is 3.10. The van der Waals surface area contributed by atoms with Crippen LogP contribution in [0.25, 0.3) is 0 Å². The van der Waals surface area contributed by atoms with E-state index in [2.05, 4.69) is 24.1 Å². The lowest BCUT2D eigenvalue weighted by Gasteiger charge is -2.26. The Bertz CT molecular complexity index is 297. The average Bonchev–Trinajstić information content (AvgIpc) is 2.40. The van der Waals surface area contributed by atoms with Crippen LogP contribution in [0.4, 0.5) is 0 Å². The van der Waals surface area contributed by atoms with Crippen LogP contribution in [0, 0.1) is 11.3 Å². The number of rotatable bonds is 7. The molecule has 0 atom stereocenters. The number of nitrogens with one attached hydrogen (secondary N) is 2. The van der Waals surface area contributed by atoms with E-state index >= 15 is 0 Å². The van der Waals surface area contributed by atoms with Crippen LogP contribution in [0.2, 0.25) is 0 Å². The first kappa shape index (κ1) is 16.0. The fourth-order valence-electron chi connectivity index (χ4n) is 1.89. The Balaban J connectivity index is 2.31. The van der Waals surface area contributed by atoms with Crippen molar-refractivity contribution in [3.63, 3.8) is 0 Å². The second-order valence-corrected chi connectivity index (χ2v) is 4.94. The molecule has 2 N–H and O–H groups in total. The van der Waals surface area contributed by atoms with Crippen LogP contribution >= 0.6 is 0 Å². The van der Waals surface area contributed by atoms with Gasteiger partial charge >= 0.3 is 0 Å². The van der Waals surface area contributed by atoms with Crippen molar-refractivity contribution in [3.05, 3.63) is 11.8 Å². The second-order valence-electron chi connectivity index (χ2n) is 4.94. The van der Waals surface area contributed by atoms with E-state index in [1.807, 2.05) is 13.1 Å². The molecular formula is C14H27N3O2. The molecule has 1 aliphatic rings. The molecule has 110 valence electrons. The topological polar surface area (TPSA) is 57.6 Å². The van der Waals surface area contributed by atoms with Gasteiger partial charge in [-0.05, 0) is 12.8 Å². The molecular weight excluding hydrogens is 242 g/mol. The first-order chi connectivity index (χ1) is 9.15. The quantitative estimate of drug-likeness (QED) is 0.543. The molecule has 19 heavy (non-hydrogen) atoms. The minimum atomic E-state index is 0.282. The number of nitrogens with zero attached hydrogens (tertiary/aromatic N) is 1. The highest BCUT2D eigenvalue weighted by atomic mass is 16.5. The predicted molar refractivity (Wildman–Crippen MR) is 77.5 cm³/mol. The van der Waals surface area contributed by atoms with E-state index in [1.54, 1.807) is 0 Å². The molecule has 1 saturated heterocycles. The van der Waals surface area contributed by atoms with Gasteiger partial charge in [0.2, 0.25) is 5.90 Å². The normalized spacial score (nSPS) is 17.6. The largest absolute Gasteiger partial charge is 0.476 e. The third kappa shape index (κ3) is 6.07. The molecule has 0 aromatic carbocycles. The number of morpholine rings is 1. The van der Waals surface area contributed by atoms with E-state index < -0.39 is 0 Å². The van der Waals surface area contributed by atoms with Crippen LogP contribution in [0.15, 0.2) is 11.8 Å². The van der Waals surface area contributed by atoms with Crippen LogP contribution in [0.5, 0.6) is 0 Å². The van der Waals surface area contributed by atoms with Crippen LogP contribution < -0.4 is 5.32 Å². The molecule has 1 aliphatic heterocycles. The highest BCUT2D eigenvalue weighted by Crippen LogP contribution is 2.11. The molecule has 0 spiro atoms. The van der Waals surface area contributed by atoms with Gasteiger partial charge < -0.3 is 14.8 Å². The molecule has 1 rings (SSSR count). The molecule has 0 aromatic rings. The summed E-state index contributed by atoms with van der Waals surface area (Å²) in [4.78, 5) is 2.31. The molecule has 0 radical (unpaired) electrons. The Morgan fingerprint density at radius 2 is 2.11 bits per heavy atom. The Morgan fingerprint density at radius 1 is 1.42 bits per heavy atom. The van der Waals surface area contributed by atoms with Gasteiger partial charge in [0.15, 0.2) is 0 Å². The SMILES string of the molecule is CCN/C=C(\C(=N)OCCN1CCOCC1)C(C)C. The van der Waals surface area contributed by atoms with Gasteiger partial charge in [-0.3, -0.25) is 10.3 Å². The van der Waals surface area contributed by atoms with Crippen LogP contribution in [0.1, 0.15) is 20.8 Å². The Labute approximate surface area is 116 Å². The number of hydrogen-bond acceptors (Lipinski definition) is 5. The summed E-state index contributed by atoms with van der Waals surface area (Å²) in [5.41, 5.74) is 0.920. The predicted octanol–water partition coefficient (Wildman–Crippen LogP) is 1.46. The fourth-order valence-corrected chi connectivity index (χ4v) is 1.89. The Kier molecular flexibility index (Phi) is 7.52. The second kappa shape index (κ2) is 8.93. The molecule has 0 amide bonds. The van der Waals surface area contributed by atoms with Gasteiger partial charge in [0.05, 0.1) is 13.2 Å². The van der Waals surface area contributed by atoms with Gasteiger partial charge in [-0.1, -0.05) is 13.8 Å². The highest BCUT2D eigenvalue weighted by molar-refractivity contribution is 5.91. The van der Waals surface area contributed by atoms with Crippen molar-refractivity contribution >= 4 is 5.90 Å². The maximum Gasteiger partial charge on any atom is 0.210 e. The van der Waals surface area contributed by atoms with E-state index in [0.717, 1.165) is 45.0 Å². The van der Waals surface area contributed by atoms with E-state index in [1.165, 1.54) is 0 Å². The van der Waals surface area contributed by atoms with Crippen molar-refractivity contribution in [2.45, 2.75) is 20.8 Å². The summed E-state index contributed by atoms with van der Waals surface area (Å²) in [6, 6.07) is 0. The highest BCUT2D eigenvalue weighted by Gasteiger charge is 2.13. The minimum Gasteiger partial charge on any atom is -0.476 e. The maximum absolute atomic E-state index is 8.00. The van der Waals surface area contributed by atoms with Crippen LogP contribution in [-0.4, -0.2) is 56.8 Å². The first-order valence-corrected chi connectivity index (χ1v) is 7.10. The zero-order valence-corrected chi connectivity index (χ0v) is 12.4. The van der Waals surface area contributed by atoms with Gasteiger partial charge in [0.25, 0.3) is 0 Å². The lowest BCUT2D eigenvalue weighted by Crippen LogP contribution is -2.38. The summed E-state index contributed by atoms with van der Waals surface area (Å²) < 4.78 is 10.9. The molecule has 5 nitrogen and oxygen atoms in total. The standard InChI is InChI=1S/C14H27N3O2/c1-4-16-11-13(12(2)3)14(15)19-10-7-17-5-8-18-9-6-17/h11-12,15-16H,4-10H2,1-3H3/b13-11-,15-14?. The van der Waals surface area contributed by atoms with E-state index in [-0.39, 0.29) is 11.8 Å². The fraction of sp³-hybridized carbons (Fsp3) is 0.786. The van der Waals surface area contributed by atoms with Crippen molar-refractivity contribution in [3.8, 4) is 0 Å². The van der Waals surface area contributed by atoms with Gasteiger partial charge in [0, 0.05) is 38.0 Å². The van der Waals surface area contributed by atoms with Crippen LogP contribution in [0.3, 0.4) is 0 Å². The van der Waals surface area contributed by atoms with Gasteiger partial charge in [-0.2, -0.15) is 0 Å². The van der Waals surface area contributed by atoms with Crippen molar-refractivity contribution in [1.82, 2.24) is 10.2 Å². The molecule has 1 fully saturated rings. The molecule has 0 bridgehead atoms. The van der Waals surface area contributed by atoms with Gasteiger partial charge in [-0.15, -0.1) is 0 Å². The average molecular weight is 269 g/mol. The van der Waals surface area contributed by atoms with Crippen molar-refractivity contribution in [2.24, 2.45) is 5.92 Å². The van der Waals surface area contributed by atoms with Crippen molar-refractivity contribution in [2.75, 3.05) is 46.0 Å². The smallest absolute Gasteiger partial charge is 0.210 e. The van der Waals surface area contributed by atoms with Crippen molar-refractivity contribution in [1.29, 1.82) is 5.41 Å². The van der Waals surface area contributed by atoms with Crippen molar-refractivity contribution < 1.29 is 9.47 Å². The minimum absolute atomic E-state index is 0.282. The molecule has 0 aliphatic carbocycles. The van der Waals surface area contributed by atoms with Gasteiger partial charge in [0.1, 0.15) is 6.61 Å². The summed E-state index contributed by atoms with van der Waals surface area (Å²) in [5.74, 6) is 0.569. The summed E-state index contributed by atoms with van der Waals surface area (Å²) in [6.45, 7) is 12.0. The molecule has 1 heterocycles. The number of ether oxygens (including phenoxy) is 2. The first-order valence-electron chi connectivity index (χ1n) is 7.10. The van der Waals surface area contributed by atoms with E-state index in [4.69, 9.17) is 14.9 Å². The lowest BCUT2D eigenvalue weighted by molar-refractivity contribution is 0.0314. The lowest BCUT2D eigenvalue weighted by atomic mass is 10.0. The van der Waals surface area contributed by atoms with Gasteiger partial charge in [-0.25, -0.2) is 0 Å². The van der Waals surface area contributed by atoms with E-state index in [0.29, 0.717) is 6.61 Å². The Morgan fingerprint density at radius 3 is 2.68 bits per heavy atom. The van der Waals surface area contributed by atoms with E-state index in [9.17, 15) is 0 Å². The molecule has 0 unspecified atom stereocenters. The summed E-state index contributed by atoms with van der Waals surface area (Å²) in [5, 5.41) is 11.1. The zero-order chi connectivity index (χ0) is 14.1. The van der Waals surface area contributed by atoms with Crippen LogP contribution in [-0.2, 0) is 9.47 Å². The summed E-state index contributed by atoms with van der Waals surface area (Å²) in [7, 11) is 0. The maximum atomic E-state index is 8.00. The Hall–Kier alpha value is -1.07. The zero-order valence-electron chi connectivity index (χ0n) is 12.4. The molecule has 5 heteroatoms. The number of hydrogen-bond donors (Lipinski definition) is 2. The summed E-state index contributed by atoms with van der Waals surface area (Å²) in [6.07, 6.45) is 1.89.